The summed E-state index contributed by atoms with van der Waals surface area (Å²) in [6.45, 7) is 5.91. The van der Waals surface area contributed by atoms with Crippen molar-refractivity contribution in [3.63, 3.8) is 0 Å². The molecule has 2 heterocycles. The molecule has 3 amide bonds. The molecule has 47 heavy (non-hydrogen) atoms. The Hall–Kier alpha value is -5.26. The zero-order valence-corrected chi connectivity index (χ0v) is 26.8. The Morgan fingerprint density at radius 1 is 0.957 bits per heavy atom. The topological polar surface area (TPSA) is 174 Å². The number of anilines is 1. The largest absolute Gasteiger partial charge is 0.444 e. The van der Waals surface area contributed by atoms with Crippen LogP contribution in [0.3, 0.4) is 0 Å². The molecule has 0 spiro atoms. The third-order valence-corrected chi connectivity index (χ3v) is 8.26. The number of nitrogens with zero attached hydrogens (tertiary/aromatic N) is 3. The van der Waals surface area contributed by atoms with Crippen molar-refractivity contribution in [3.05, 3.63) is 89.2 Å². The summed E-state index contributed by atoms with van der Waals surface area (Å²) in [6.07, 6.45) is 5.87. The Bertz CT molecular complexity index is 1720. The van der Waals surface area contributed by atoms with Gasteiger partial charge in [-0.05, 0) is 105 Å². The molecule has 246 valence electrons. The van der Waals surface area contributed by atoms with Gasteiger partial charge in [-0.25, -0.2) is 9.59 Å². The minimum atomic E-state index is -0.960. The Labute approximate surface area is 272 Å². The number of aromatic amines is 1. The zero-order chi connectivity index (χ0) is 33.6. The van der Waals surface area contributed by atoms with Crippen LogP contribution in [0.5, 0.6) is 0 Å². The molecule has 0 unspecified atom stereocenters. The average molecular weight is 641 g/mol. The van der Waals surface area contributed by atoms with Crippen molar-refractivity contribution in [2.24, 2.45) is 17.6 Å². The maximum absolute atomic E-state index is 14.3. The Morgan fingerprint density at radius 2 is 1.57 bits per heavy atom. The van der Waals surface area contributed by atoms with Crippen LogP contribution in [0, 0.1) is 11.8 Å². The lowest BCUT2D eigenvalue weighted by Gasteiger charge is -2.36. The van der Waals surface area contributed by atoms with Crippen LogP contribution in [0.1, 0.15) is 52.0 Å². The van der Waals surface area contributed by atoms with Crippen LogP contribution in [0.2, 0.25) is 0 Å². The molecule has 5 rings (SSSR count). The number of aromatic nitrogens is 3. The standard InChI is InChI=1S/C35H40N6O6/c1-35(2,3)46-33(44)38-21-23-6-10-27(11-7-23)32(43)41(28-14-12-26(13-15-28)31-39-34(45)47-40-31)29(30(36)42)20-22-4-8-24(9-5-22)25-16-18-37-19-17-25/h4-5,8-9,12-19,23,27,29H,6-7,10-11,20-21H2,1-3H3,(H2,36,42)(H,38,44)(H,39,40,45)/t23-,27-,29-/m0/s1. The summed E-state index contributed by atoms with van der Waals surface area (Å²) < 4.78 is 9.98. The number of amides is 3. The number of alkyl carbamates (subject to hydrolysis) is 1. The predicted molar refractivity (Wildman–Crippen MR) is 176 cm³/mol. The van der Waals surface area contributed by atoms with Crippen molar-refractivity contribution in [2.75, 3.05) is 11.4 Å². The van der Waals surface area contributed by atoms with Gasteiger partial charge in [0.2, 0.25) is 11.8 Å². The second-order valence-corrected chi connectivity index (χ2v) is 12.9. The van der Waals surface area contributed by atoms with Crippen molar-refractivity contribution in [2.45, 2.75) is 64.5 Å². The minimum Gasteiger partial charge on any atom is -0.444 e. The quantitative estimate of drug-likeness (QED) is 0.221. The molecule has 0 aliphatic heterocycles. The summed E-state index contributed by atoms with van der Waals surface area (Å²) in [4.78, 5) is 59.1. The highest BCUT2D eigenvalue weighted by atomic mass is 16.6. The van der Waals surface area contributed by atoms with Crippen LogP contribution in [-0.2, 0) is 20.7 Å². The molecule has 2 aromatic carbocycles. The molecule has 0 saturated heterocycles. The smallest absolute Gasteiger partial charge is 0.439 e. The van der Waals surface area contributed by atoms with Crippen LogP contribution in [0.25, 0.3) is 22.5 Å². The predicted octanol–water partition coefficient (Wildman–Crippen LogP) is 4.85. The lowest BCUT2D eigenvalue weighted by Crippen LogP contribution is -2.52. The average Bonchev–Trinajstić information content (AvgIpc) is 3.50. The number of nitrogens with two attached hydrogens (primary N) is 1. The van der Waals surface area contributed by atoms with Gasteiger partial charge in [0.25, 0.3) is 0 Å². The number of H-pyrrole nitrogens is 1. The van der Waals surface area contributed by atoms with Gasteiger partial charge in [0.05, 0.1) is 0 Å². The number of hydrogen-bond donors (Lipinski definition) is 3. The number of pyridine rings is 1. The van der Waals surface area contributed by atoms with E-state index in [1.807, 2.05) is 57.2 Å². The number of carbonyl (C=O) groups is 3. The van der Waals surface area contributed by atoms with Gasteiger partial charge in [0.1, 0.15) is 11.6 Å². The SMILES string of the molecule is CC(C)(C)OC(=O)NC[C@H]1CC[C@H](C(=O)N(c2ccc(-c3noc(=O)[nH]3)cc2)[C@@H](Cc2ccc(-c3ccncc3)cc2)C(N)=O)CC1. The van der Waals surface area contributed by atoms with Gasteiger partial charge in [0, 0.05) is 42.5 Å². The number of benzene rings is 2. The normalized spacial score (nSPS) is 17.0. The highest BCUT2D eigenvalue weighted by molar-refractivity contribution is 6.01. The third kappa shape index (κ3) is 8.72. The van der Waals surface area contributed by atoms with Gasteiger partial charge >= 0.3 is 11.8 Å². The van der Waals surface area contributed by atoms with Crippen LogP contribution >= 0.6 is 0 Å². The number of primary amides is 1. The summed E-state index contributed by atoms with van der Waals surface area (Å²) in [5.74, 6) is -1.38. The Kier molecular flexibility index (Phi) is 10.2. The van der Waals surface area contributed by atoms with E-state index in [1.165, 1.54) is 4.90 Å². The Balaban J connectivity index is 1.35. The monoisotopic (exact) mass is 640 g/mol. The molecule has 1 saturated carbocycles. The third-order valence-electron chi connectivity index (χ3n) is 8.26. The summed E-state index contributed by atoms with van der Waals surface area (Å²) in [5.41, 5.74) is 9.36. The molecule has 12 heteroatoms. The van der Waals surface area contributed by atoms with E-state index in [1.54, 1.807) is 36.7 Å². The highest BCUT2D eigenvalue weighted by Crippen LogP contribution is 2.33. The van der Waals surface area contributed by atoms with Crippen molar-refractivity contribution in [1.29, 1.82) is 0 Å². The summed E-state index contributed by atoms with van der Waals surface area (Å²) in [7, 11) is 0. The molecule has 1 atom stereocenters. The molecule has 12 nitrogen and oxygen atoms in total. The number of hydrogen-bond acceptors (Lipinski definition) is 8. The molecule has 1 aliphatic rings. The number of rotatable bonds is 10. The van der Waals surface area contributed by atoms with Crippen LogP contribution in [-0.4, -0.2) is 51.2 Å². The van der Waals surface area contributed by atoms with Crippen LogP contribution in [0.15, 0.2) is 82.4 Å². The molecule has 4 N–H and O–H groups in total. The second-order valence-electron chi connectivity index (χ2n) is 12.9. The van der Waals surface area contributed by atoms with E-state index in [0.717, 1.165) is 29.5 Å². The summed E-state index contributed by atoms with van der Waals surface area (Å²) >= 11 is 0. The van der Waals surface area contributed by atoms with Crippen molar-refractivity contribution >= 4 is 23.6 Å². The van der Waals surface area contributed by atoms with Crippen molar-refractivity contribution < 1.29 is 23.6 Å². The fraction of sp³-hybridized carbons (Fsp3) is 0.371. The van der Waals surface area contributed by atoms with E-state index in [9.17, 15) is 19.2 Å². The van der Waals surface area contributed by atoms with Crippen LogP contribution < -0.4 is 21.7 Å². The fourth-order valence-corrected chi connectivity index (χ4v) is 5.87. The van der Waals surface area contributed by atoms with Crippen LogP contribution in [0.4, 0.5) is 10.5 Å². The van der Waals surface area contributed by atoms with Gasteiger partial charge in [-0.1, -0.05) is 29.4 Å². The lowest BCUT2D eigenvalue weighted by atomic mass is 9.81. The molecule has 0 bridgehead atoms. The fourth-order valence-electron chi connectivity index (χ4n) is 5.87. The first kappa shape index (κ1) is 33.1. The first-order valence-electron chi connectivity index (χ1n) is 15.7. The van der Waals surface area contributed by atoms with Gasteiger partial charge in [-0.3, -0.25) is 29.0 Å². The van der Waals surface area contributed by atoms with E-state index in [2.05, 4.69) is 25.0 Å². The molecular weight excluding hydrogens is 600 g/mol. The molecule has 2 aromatic heterocycles. The van der Waals surface area contributed by atoms with Gasteiger partial charge < -0.3 is 15.8 Å². The van der Waals surface area contributed by atoms with Gasteiger partial charge in [-0.2, -0.15) is 0 Å². The van der Waals surface area contributed by atoms with E-state index in [0.29, 0.717) is 30.6 Å². The summed E-state index contributed by atoms with van der Waals surface area (Å²) in [6, 6.07) is 17.5. The van der Waals surface area contributed by atoms with Crippen molar-refractivity contribution in [3.8, 4) is 22.5 Å². The van der Waals surface area contributed by atoms with E-state index >= 15 is 0 Å². The first-order chi connectivity index (χ1) is 22.5. The molecule has 1 aliphatic carbocycles. The maximum Gasteiger partial charge on any atom is 0.439 e. The van der Waals surface area contributed by atoms with E-state index in [4.69, 9.17) is 10.5 Å². The van der Waals surface area contributed by atoms with Gasteiger partial charge in [-0.15, -0.1) is 0 Å². The maximum atomic E-state index is 14.3. The lowest BCUT2D eigenvalue weighted by molar-refractivity contribution is -0.127. The first-order valence-corrected chi connectivity index (χ1v) is 15.7. The number of nitrogens with one attached hydrogen (secondary N) is 2. The minimum absolute atomic E-state index is 0.191. The van der Waals surface area contributed by atoms with Crippen molar-refractivity contribution in [1.82, 2.24) is 20.4 Å². The molecule has 1 fully saturated rings. The number of ether oxygens (including phenoxy) is 1. The number of carbonyl (C=O) groups excluding carboxylic acids is 3. The second kappa shape index (κ2) is 14.4. The Morgan fingerprint density at radius 3 is 2.15 bits per heavy atom. The summed E-state index contributed by atoms with van der Waals surface area (Å²) in [5, 5.41) is 6.57. The molecule has 0 radical (unpaired) electrons. The zero-order valence-electron chi connectivity index (χ0n) is 26.8. The molecule has 4 aromatic rings. The van der Waals surface area contributed by atoms with E-state index in [-0.39, 0.29) is 30.0 Å². The van der Waals surface area contributed by atoms with E-state index < -0.39 is 29.4 Å². The highest BCUT2D eigenvalue weighted by Gasteiger charge is 2.36. The molecular formula is C35H40N6O6. The van der Waals surface area contributed by atoms with Gasteiger partial charge in [0.15, 0.2) is 5.82 Å².